The van der Waals surface area contributed by atoms with E-state index in [1.165, 1.54) is 21.7 Å². The van der Waals surface area contributed by atoms with Crippen molar-refractivity contribution < 1.29 is 13.5 Å². The second kappa shape index (κ2) is 6.36. The van der Waals surface area contributed by atoms with Crippen molar-refractivity contribution in [1.29, 1.82) is 0 Å². The van der Waals surface area contributed by atoms with E-state index < -0.39 is 10.0 Å². The minimum atomic E-state index is -3.60. The molecule has 108 valence electrons. The highest BCUT2D eigenvalue weighted by atomic mass is 79.9. The summed E-state index contributed by atoms with van der Waals surface area (Å²) in [4.78, 5) is 0.168. The Labute approximate surface area is 130 Å². The summed E-state index contributed by atoms with van der Waals surface area (Å²) in [6.45, 7) is 0.131. The van der Waals surface area contributed by atoms with Crippen LogP contribution in [0.1, 0.15) is 11.1 Å². The van der Waals surface area contributed by atoms with E-state index >= 15 is 0 Å². The standard InChI is InChI=1S/C13H14BrNO3S2/c1-15(7-11-4-5-19-9-11)20(17,18)13-6-10(8-16)2-3-12(13)14/h2-6,9,16H,7-8H2,1H3. The molecule has 0 atom stereocenters. The minimum Gasteiger partial charge on any atom is -0.392 e. The van der Waals surface area contributed by atoms with E-state index in [-0.39, 0.29) is 11.5 Å². The van der Waals surface area contributed by atoms with Crippen LogP contribution in [0.15, 0.2) is 44.4 Å². The van der Waals surface area contributed by atoms with E-state index in [1.807, 2.05) is 16.8 Å². The molecule has 0 radical (unpaired) electrons. The zero-order chi connectivity index (χ0) is 14.8. The van der Waals surface area contributed by atoms with Gasteiger partial charge < -0.3 is 5.11 Å². The number of sulfonamides is 1. The highest BCUT2D eigenvalue weighted by Crippen LogP contribution is 2.26. The van der Waals surface area contributed by atoms with Crippen molar-refractivity contribution in [1.82, 2.24) is 4.31 Å². The molecule has 1 N–H and O–H groups in total. The van der Waals surface area contributed by atoms with Crippen LogP contribution < -0.4 is 0 Å². The maximum atomic E-state index is 12.6. The number of nitrogens with zero attached hydrogens (tertiary/aromatic N) is 1. The van der Waals surface area contributed by atoms with Crippen LogP contribution in [0.25, 0.3) is 0 Å². The average molecular weight is 376 g/mol. The van der Waals surface area contributed by atoms with E-state index in [9.17, 15) is 8.42 Å². The fraction of sp³-hybridized carbons (Fsp3) is 0.231. The molecule has 0 aliphatic heterocycles. The molecule has 0 aliphatic rings. The molecule has 2 rings (SSSR count). The fourth-order valence-electron chi connectivity index (χ4n) is 1.74. The smallest absolute Gasteiger partial charge is 0.244 e. The Morgan fingerprint density at radius 2 is 2.05 bits per heavy atom. The molecule has 7 heteroatoms. The predicted octanol–water partition coefficient (Wildman–Crippen LogP) is 2.82. The molecule has 20 heavy (non-hydrogen) atoms. The average Bonchev–Trinajstić information content (AvgIpc) is 2.92. The number of hydrogen-bond donors (Lipinski definition) is 1. The predicted molar refractivity (Wildman–Crippen MR) is 83.0 cm³/mol. The summed E-state index contributed by atoms with van der Waals surface area (Å²) in [5, 5.41) is 13.0. The van der Waals surface area contributed by atoms with Crippen LogP contribution in [-0.2, 0) is 23.2 Å². The van der Waals surface area contributed by atoms with E-state index in [0.717, 1.165) is 5.56 Å². The van der Waals surface area contributed by atoms with Crippen LogP contribution in [0, 0.1) is 0 Å². The van der Waals surface area contributed by atoms with Gasteiger partial charge >= 0.3 is 0 Å². The number of aliphatic hydroxyl groups is 1. The van der Waals surface area contributed by atoms with Gasteiger partial charge in [-0.3, -0.25) is 0 Å². The Morgan fingerprint density at radius 1 is 1.30 bits per heavy atom. The van der Waals surface area contributed by atoms with Gasteiger partial charge in [-0.15, -0.1) is 0 Å². The molecule has 0 spiro atoms. The monoisotopic (exact) mass is 375 g/mol. The molecular weight excluding hydrogens is 362 g/mol. The summed E-state index contributed by atoms with van der Waals surface area (Å²) in [5.41, 5.74) is 1.52. The molecule has 1 aromatic carbocycles. The Bertz CT molecular complexity index is 684. The maximum Gasteiger partial charge on any atom is 0.244 e. The number of halogens is 1. The van der Waals surface area contributed by atoms with Crippen molar-refractivity contribution in [2.24, 2.45) is 0 Å². The second-order valence-corrected chi connectivity index (χ2v) is 7.96. The molecular formula is C13H14BrNO3S2. The zero-order valence-electron chi connectivity index (χ0n) is 10.8. The highest BCUT2D eigenvalue weighted by Gasteiger charge is 2.24. The zero-order valence-corrected chi connectivity index (χ0v) is 14.0. The normalized spacial score (nSPS) is 12.0. The summed E-state index contributed by atoms with van der Waals surface area (Å²) in [6.07, 6.45) is 0. The summed E-state index contributed by atoms with van der Waals surface area (Å²) < 4.78 is 26.9. The third kappa shape index (κ3) is 3.29. The lowest BCUT2D eigenvalue weighted by Crippen LogP contribution is -2.26. The number of hydrogen-bond acceptors (Lipinski definition) is 4. The van der Waals surface area contributed by atoms with Crippen molar-refractivity contribution in [3.05, 3.63) is 50.6 Å². The summed E-state index contributed by atoms with van der Waals surface area (Å²) in [7, 11) is -2.05. The molecule has 0 saturated carbocycles. The molecule has 1 heterocycles. The van der Waals surface area contributed by atoms with Crippen LogP contribution in [0.2, 0.25) is 0 Å². The lowest BCUT2D eigenvalue weighted by molar-refractivity contribution is 0.281. The van der Waals surface area contributed by atoms with Crippen molar-refractivity contribution in [2.45, 2.75) is 18.0 Å². The van der Waals surface area contributed by atoms with Gasteiger partial charge in [-0.05, 0) is 56.0 Å². The first-order valence-electron chi connectivity index (χ1n) is 5.82. The first-order chi connectivity index (χ1) is 9.45. The Balaban J connectivity index is 2.34. The molecule has 2 aromatic rings. The SMILES string of the molecule is CN(Cc1ccsc1)S(=O)(=O)c1cc(CO)ccc1Br. The molecule has 4 nitrogen and oxygen atoms in total. The van der Waals surface area contributed by atoms with Gasteiger partial charge in [0.25, 0.3) is 0 Å². The molecule has 0 unspecified atom stereocenters. The van der Waals surface area contributed by atoms with Crippen molar-refractivity contribution in [3.63, 3.8) is 0 Å². The summed E-state index contributed by atoms with van der Waals surface area (Å²) >= 11 is 4.79. The van der Waals surface area contributed by atoms with Gasteiger partial charge in [0.15, 0.2) is 0 Å². The van der Waals surface area contributed by atoms with Gasteiger partial charge in [0.1, 0.15) is 0 Å². The number of thiophene rings is 1. The Morgan fingerprint density at radius 3 is 2.65 bits per heavy atom. The topological polar surface area (TPSA) is 57.6 Å². The highest BCUT2D eigenvalue weighted by molar-refractivity contribution is 9.10. The van der Waals surface area contributed by atoms with E-state index in [4.69, 9.17) is 5.11 Å². The molecule has 0 bridgehead atoms. The largest absolute Gasteiger partial charge is 0.392 e. The molecule has 0 aliphatic carbocycles. The van der Waals surface area contributed by atoms with Crippen LogP contribution >= 0.6 is 27.3 Å². The van der Waals surface area contributed by atoms with Gasteiger partial charge in [0.2, 0.25) is 10.0 Å². The van der Waals surface area contributed by atoms with Crippen LogP contribution in [0.5, 0.6) is 0 Å². The van der Waals surface area contributed by atoms with Crippen molar-refractivity contribution in [2.75, 3.05) is 7.05 Å². The molecule has 1 aromatic heterocycles. The van der Waals surface area contributed by atoms with E-state index in [1.54, 1.807) is 19.2 Å². The first kappa shape index (κ1) is 15.7. The quantitative estimate of drug-likeness (QED) is 0.873. The third-order valence-electron chi connectivity index (χ3n) is 2.85. The van der Waals surface area contributed by atoms with E-state index in [0.29, 0.717) is 16.6 Å². The van der Waals surface area contributed by atoms with Gasteiger partial charge in [-0.25, -0.2) is 8.42 Å². The second-order valence-electron chi connectivity index (χ2n) is 4.32. The Hall–Kier alpha value is -0.730. The van der Waals surface area contributed by atoms with Gasteiger partial charge in [0, 0.05) is 18.1 Å². The van der Waals surface area contributed by atoms with E-state index in [2.05, 4.69) is 15.9 Å². The molecule has 0 amide bonds. The number of aliphatic hydroxyl groups excluding tert-OH is 1. The number of rotatable bonds is 5. The van der Waals surface area contributed by atoms with Crippen molar-refractivity contribution >= 4 is 37.3 Å². The lowest BCUT2D eigenvalue weighted by Gasteiger charge is -2.18. The summed E-state index contributed by atoms with van der Waals surface area (Å²) in [5.74, 6) is 0. The Kier molecular flexibility index (Phi) is 4.98. The minimum absolute atomic E-state index is 0.168. The van der Waals surface area contributed by atoms with Crippen molar-refractivity contribution in [3.8, 4) is 0 Å². The summed E-state index contributed by atoms with van der Waals surface area (Å²) in [6, 6.07) is 6.71. The maximum absolute atomic E-state index is 12.6. The van der Waals surface area contributed by atoms with Crippen LogP contribution in [0.3, 0.4) is 0 Å². The molecule has 0 fully saturated rings. The van der Waals surface area contributed by atoms with Gasteiger partial charge in [0.05, 0.1) is 11.5 Å². The first-order valence-corrected chi connectivity index (χ1v) is 8.99. The van der Waals surface area contributed by atoms with Crippen LogP contribution in [0.4, 0.5) is 0 Å². The fourth-order valence-corrected chi connectivity index (χ4v) is 4.53. The number of benzene rings is 1. The van der Waals surface area contributed by atoms with Gasteiger partial charge in [-0.1, -0.05) is 6.07 Å². The third-order valence-corrected chi connectivity index (χ3v) is 6.38. The molecule has 0 saturated heterocycles. The lowest BCUT2D eigenvalue weighted by atomic mass is 10.2. The van der Waals surface area contributed by atoms with Gasteiger partial charge in [-0.2, -0.15) is 15.6 Å². The van der Waals surface area contributed by atoms with Crippen LogP contribution in [-0.4, -0.2) is 24.9 Å².